The fourth-order valence-corrected chi connectivity index (χ4v) is 3.84. The Labute approximate surface area is 189 Å². The number of halogens is 1. The molecule has 1 aromatic heterocycles. The number of rotatable bonds is 5. The Balaban J connectivity index is 0.00000300. The van der Waals surface area contributed by atoms with Crippen LogP contribution in [0.5, 0.6) is 0 Å². The smallest absolute Gasteiger partial charge is 0.289 e. The van der Waals surface area contributed by atoms with Gasteiger partial charge in [-0.15, -0.1) is 24.0 Å². The van der Waals surface area contributed by atoms with E-state index in [0.717, 1.165) is 18.8 Å². The first-order valence-corrected chi connectivity index (χ1v) is 10.2. The molecule has 162 valence electrons. The van der Waals surface area contributed by atoms with E-state index in [-0.39, 0.29) is 35.8 Å². The standard InChI is InChI=1S/C20H31N5O3.HI/c1-21-20(22-10-9-18(26)23-16-6-3-2-4-7-16)25-13-11-24(12-14-25)19(27)17-8-5-15-28-17;/h5,8,15-16H,2-4,6-7,9-14H2,1H3,(H,21,22)(H,23,26);1H. The van der Waals surface area contributed by atoms with Gasteiger partial charge in [0, 0.05) is 52.2 Å². The minimum atomic E-state index is -0.0769. The number of carbonyl (C=O) groups excluding carboxylic acids is 2. The van der Waals surface area contributed by atoms with Gasteiger partial charge in [0.05, 0.1) is 6.26 Å². The highest BCUT2D eigenvalue weighted by atomic mass is 127. The SMILES string of the molecule is CN=C(NCCC(=O)NC1CCCCC1)N1CCN(C(=O)c2ccco2)CC1.I. The fourth-order valence-electron chi connectivity index (χ4n) is 3.84. The van der Waals surface area contributed by atoms with Gasteiger partial charge in [-0.05, 0) is 25.0 Å². The zero-order valence-electron chi connectivity index (χ0n) is 17.1. The summed E-state index contributed by atoms with van der Waals surface area (Å²) >= 11 is 0. The number of aliphatic imine (C=N–C) groups is 1. The Morgan fingerprint density at radius 2 is 1.83 bits per heavy atom. The van der Waals surface area contributed by atoms with Crippen molar-refractivity contribution >= 4 is 41.8 Å². The predicted molar refractivity (Wildman–Crippen MR) is 123 cm³/mol. The summed E-state index contributed by atoms with van der Waals surface area (Å²) in [5.74, 6) is 1.17. The first kappa shape index (κ1) is 23.5. The van der Waals surface area contributed by atoms with Gasteiger partial charge in [-0.25, -0.2) is 0 Å². The summed E-state index contributed by atoms with van der Waals surface area (Å²) in [5.41, 5.74) is 0. The summed E-state index contributed by atoms with van der Waals surface area (Å²) in [6.07, 6.45) is 7.86. The van der Waals surface area contributed by atoms with Crippen LogP contribution in [0.2, 0.25) is 0 Å². The average Bonchev–Trinajstić information content (AvgIpc) is 3.26. The number of guanidine groups is 1. The van der Waals surface area contributed by atoms with Crippen molar-refractivity contribution in [3.8, 4) is 0 Å². The molecule has 1 aliphatic heterocycles. The summed E-state index contributed by atoms with van der Waals surface area (Å²) in [7, 11) is 1.74. The van der Waals surface area contributed by atoms with E-state index < -0.39 is 0 Å². The number of piperazine rings is 1. The summed E-state index contributed by atoms with van der Waals surface area (Å²) in [6.45, 7) is 3.17. The van der Waals surface area contributed by atoms with Crippen molar-refractivity contribution in [2.75, 3.05) is 39.8 Å². The number of nitrogens with zero attached hydrogens (tertiary/aromatic N) is 3. The molecular formula is C20H32IN5O3. The Morgan fingerprint density at radius 1 is 1.14 bits per heavy atom. The molecule has 3 rings (SSSR count). The number of amides is 2. The van der Waals surface area contributed by atoms with Crippen molar-refractivity contribution in [2.45, 2.75) is 44.6 Å². The van der Waals surface area contributed by atoms with Gasteiger partial charge in [0.1, 0.15) is 0 Å². The maximum absolute atomic E-state index is 12.3. The van der Waals surface area contributed by atoms with Crippen LogP contribution < -0.4 is 10.6 Å². The first-order chi connectivity index (χ1) is 13.7. The minimum absolute atomic E-state index is 0. The Kier molecular flexibility index (Phi) is 9.75. The highest BCUT2D eigenvalue weighted by Gasteiger charge is 2.25. The average molecular weight is 517 g/mol. The highest BCUT2D eigenvalue weighted by Crippen LogP contribution is 2.17. The van der Waals surface area contributed by atoms with Crippen molar-refractivity contribution in [1.82, 2.24) is 20.4 Å². The van der Waals surface area contributed by atoms with E-state index in [4.69, 9.17) is 4.42 Å². The van der Waals surface area contributed by atoms with Crippen molar-refractivity contribution in [2.24, 2.45) is 4.99 Å². The molecule has 0 bridgehead atoms. The van der Waals surface area contributed by atoms with E-state index >= 15 is 0 Å². The topological polar surface area (TPSA) is 90.2 Å². The second kappa shape index (κ2) is 12.0. The molecule has 2 heterocycles. The van der Waals surface area contributed by atoms with Gasteiger partial charge >= 0.3 is 0 Å². The van der Waals surface area contributed by atoms with Crippen LogP contribution >= 0.6 is 24.0 Å². The number of hydrogen-bond donors (Lipinski definition) is 2. The lowest BCUT2D eigenvalue weighted by Crippen LogP contribution is -2.54. The third-order valence-electron chi connectivity index (χ3n) is 5.42. The van der Waals surface area contributed by atoms with Crippen molar-refractivity contribution in [3.63, 3.8) is 0 Å². The van der Waals surface area contributed by atoms with E-state index in [1.807, 2.05) is 0 Å². The van der Waals surface area contributed by atoms with E-state index in [1.165, 1.54) is 25.5 Å². The Hall–Kier alpha value is -1.78. The molecule has 0 spiro atoms. The van der Waals surface area contributed by atoms with Crippen LogP contribution in [0.3, 0.4) is 0 Å². The lowest BCUT2D eigenvalue weighted by atomic mass is 9.95. The maximum Gasteiger partial charge on any atom is 0.289 e. The van der Waals surface area contributed by atoms with Gasteiger partial charge in [0.2, 0.25) is 5.91 Å². The molecule has 2 N–H and O–H groups in total. The van der Waals surface area contributed by atoms with E-state index in [1.54, 1.807) is 24.1 Å². The molecule has 0 aromatic carbocycles. The second-order valence-electron chi connectivity index (χ2n) is 7.38. The van der Waals surface area contributed by atoms with Gasteiger partial charge < -0.3 is 24.9 Å². The number of nitrogens with one attached hydrogen (secondary N) is 2. The molecule has 1 saturated heterocycles. The minimum Gasteiger partial charge on any atom is -0.459 e. The van der Waals surface area contributed by atoms with Crippen LogP contribution in [0, 0.1) is 0 Å². The van der Waals surface area contributed by atoms with Crippen LogP contribution in [0.4, 0.5) is 0 Å². The molecule has 1 aromatic rings. The van der Waals surface area contributed by atoms with Gasteiger partial charge in [-0.3, -0.25) is 14.6 Å². The first-order valence-electron chi connectivity index (χ1n) is 10.2. The predicted octanol–water partition coefficient (Wildman–Crippen LogP) is 2.07. The molecular weight excluding hydrogens is 485 g/mol. The summed E-state index contributed by atoms with van der Waals surface area (Å²) in [4.78, 5) is 32.7. The van der Waals surface area contributed by atoms with Gasteiger partial charge in [-0.2, -0.15) is 0 Å². The molecule has 1 saturated carbocycles. The second-order valence-corrected chi connectivity index (χ2v) is 7.38. The van der Waals surface area contributed by atoms with Crippen LogP contribution in [0.1, 0.15) is 49.1 Å². The molecule has 0 atom stereocenters. The molecule has 8 nitrogen and oxygen atoms in total. The third kappa shape index (κ3) is 6.90. The van der Waals surface area contributed by atoms with Gasteiger partial charge in [-0.1, -0.05) is 19.3 Å². The number of hydrogen-bond acceptors (Lipinski definition) is 4. The van der Waals surface area contributed by atoms with Gasteiger partial charge in [0.25, 0.3) is 5.91 Å². The summed E-state index contributed by atoms with van der Waals surface area (Å²) < 4.78 is 5.20. The van der Waals surface area contributed by atoms with Crippen molar-refractivity contribution in [1.29, 1.82) is 0 Å². The van der Waals surface area contributed by atoms with E-state index in [2.05, 4.69) is 20.5 Å². The number of furan rings is 1. The zero-order chi connectivity index (χ0) is 19.8. The van der Waals surface area contributed by atoms with Crippen molar-refractivity contribution < 1.29 is 14.0 Å². The fraction of sp³-hybridized carbons (Fsp3) is 0.650. The van der Waals surface area contributed by atoms with E-state index in [9.17, 15) is 9.59 Å². The monoisotopic (exact) mass is 517 g/mol. The molecule has 0 radical (unpaired) electrons. The van der Waals surface area contributed by atoms with E-state index in [0.29, 0.717) is 50.9 Å². The van der Waals surface area contributed by atoms with Crippen LogP contribution in [-0.2, 0) is 4.79 Å². The summed E-state index contributed by atoms with van der Waals surface area (Å²) in [6, 6.07) is 3.76. The quantitative estimate of drug-likeness (QED) is 0.355. The normalized spacial score (nSPS) is 18.2. The molecule has 1 aliphatic carbocycles. The molecule has 9 heteroatoms. The Bertz CT molecular complexity index is 666. The lowest BCUT2D eigenvalue weighted by Gasteiger charge is -2.36. The maximum atomic E-state index is 12.3. The lowest BCUT2D eigenvalue weighted by molar-refractivity contribution is -0.121. The Morgan fingerprint density at radius 3 is 2.45 bits per heavy atom. The molecule has 2 amide bonds. The molecule has 0 unspecified atom stereocenters. The van der Waals surface area contributed by atoms with Crippen LogP contribution in [-0.4, -0.2) is 73.4 Å². The molecule has 2 fully saturated rings. The summed E-state index contributed by atoms with van der Waals surface area (Å²) in [5, 5.41) is 6.41. The third-order valence-corrected chi connectivity index (χ3v) is 5.42. The van der Waals surface area contributed by atoms with Crippen LogP contribution in [0.15, 0.2) is 27.8 Å². The molecule has 2 aliphatic rings. The van der Waals surface area contributed by atoms with Gasteiger partial charge in [0.15, 0.2) is 11.7 Å². The highest BCUT2D eigenvalue weighted by molar-refractivity contribution is 14.0. The van der Waals surface area contributed by atoms with Crippen molar-refractivity contribution in [3.05, 3.63) is 24.2 Å². The number of carbonyl (C=O) groups is 2. The molecule has 29 heavy (non-hydrogen) atoms. The zero-order valence-corrected chi connectivity index (χ0v) is 19.4. The largest absolute Gasteiger partial charge is 0.459 e. The van der Waals surface area contributed by atoms with Crippen LogP contribution in [0.25, 0.3) is 0 Å².